The molecule has 0 heterocycles. The van der Waals surface area contributed by atoms with Gasteiger partial charge in [-0.3, -0.25) is 4.79 Å². The summed E-state index contributed by atoms with van der Waals surface area (Å²) in [5.41, 5.74) is 0.836. The van der Waals surface area contributed by atoms with Crippen molar-refractivity contribution in [3.05, 3.63) is 49.1 Å². The number of rotatable bonds is 4. The molecule has 0 radical (unpaired) electrons. The molecule has 0 bridgehead atoms. The van der Waals surface area contributed by atoms with Crippen LogP contribution in [-0.4, -0.2) is 10.2 Å². The number of hydrogen-bond donors (Lipinski definition) is 0. The highest BCUT2D eigenvalue weighted by Gasteiger charge is 2.02. The number of carbonyl (C=O) groups excluding carboxylic acids is 1. The van der Waals surface area contributed by atoms with Gasteiger partial charge in [0.2, 0.25) is 0 Å². The highest BCUT2D eigenvalue weighted by atomic mass is 127. The number of carbonyl (C=O) groups is 1. The van der Waals surface area contributed by atoms with Crippen LogP contribution in [0.1, 0.15) is 23.2 Å². The molecule has 0 atom stereocenters. The summed E-state index contributed by atoms with van der Waals surface area (Å²) in [7, 11) is 0. The first-order valence-corrected chi connectivity index (χ1v) is 6.01. The van der Waals surface area contributed by atoms with Crippen molar-refractivity contribution in [3.63, 3.8) is 0 Å². The highest BCUT2D eigenvalue weighted by Crippen LogP contribution is 2.05. The first-order valence-electron chi connectivity index (χ1n) is 4.49. The van der Waals surface area contributed by atoms with Crippen LogP contribution in [-0.2, 0) is 0 Å². The van der Waals surface area contributed by atoms with Crippen molar-refractivity contribution in [3.8, 4) is 0 Å². The van der Waals surface area contributed by atoms with Gasteiger partial charge in [0.1, 0.15) is 0 Å². The number of hydrogen-bond acceptors (Lipinski definition) is 1. The minimum Gasteiger partial charge on any atom is -0.294 e. The van der Waals surface area contributed by atoms with Crippen LogP contribution in [0, 0.1) is 0 Å². The molecule has 1 rings (SSSR count). The third kappa shape index (κ3) is 5.17. The van der Waals surface area contributed by atoms with E-state index in [1.165, 1.54) is 0 Å². The molecule has 0 saturated heterocycles. The Hall–Kier alpha value is -0.640. The van der Waals surface area contributed by atoms with E-state index < -0.39 is 0 Å². The third-order valence-electron chi connectivity index (χ3n) is 1.63. The smallest absolute Gasteiger partial charge is 0.162 e. The Labute approximate surface area is 99.4 Å². The van der Waals surface area contributed by atoms with Crippen molar-refractivity contribution in [2.24, 2.45) is 0 Å². The van der Waals surface area contributed by atoms with E-state index >= 15 is 0 Å². The van der Waals surface area contributed by atoms with E-state index in [1.54, 1.807) is 0 Å². The van der Waals surface area contributed by atoms with Gasteiger partial charge < -0.3 is 0 Å². The molecule has 0 fully saturated rings. The molecular formula is C12H15IO. The molecule has 1 aromatic rings. The number of alkyl halides is 1. The Kier molecular flexibility index (Phi) is 8.53. The lowest BCUT2D eigenvalue weighted by atomic mass is 10.1. The molecular weight excluding hydrogens is 287 g/mol. The number of Topliss-reactive ketones (excluding diaryl/α,β-unsaturated/α-hetero) is 1. The van der Waals surface area contributed by atoms with Gasteiger partial charge in [0.15, 0.2) is 5.78 Å². The molecule has 0 amide bonds. The minimum absolute atomic E-state index is 0.257. The van der Waals surface area contributed by atoms with Crippen molar-refractivity contribution in [1.29, 1.82) is 0 Å². The maximum absolute atomic E-state index is 11.4. The molecule has 0 aliphatic rings. The fourth-order valence-electron chi connectivity index (χ4n) is 0.996. The van der Waals surface area contributed by atoms with Gasteiger partial charge in [-0.1, -0.05) is 52.9 Å². The largest absolute Gasteiger partial charge is 0.294 e. The average molecular weight is 302 g/mol. The molecule has 0 aromatic heterocycles. The summed E-state index contributed by atoms with van der Waals surface area (Å²) in [6.07, 6.45) is 1.65. The summed E-state index contributed by atoms with van der Waals surface area (Å²) in [5, 5.41) is 0. The summed E-state index contributed by atoms with van der Waals surface area (Å²) in [6, 6.07) is 9.47. The molecule has 0 spiro atoms. The number of benzene rings is 1. The number of ketones is 1. The van der Waals surface area contributed by atoms with Crippen LogP contribution >= 0.6 is 22.6 Å². The predicted octanol–water partition coefficient (Wildman–Crippen LogP) is 3.89. The molecule has 0 unspecified atom stereocenters. The topological polar surface area (TPSA) is 17.1 Å². The zero-order chi connectivity index (χ0) is 10.8. The van der Waals surface area contributed by atoms with Crippen LogP contribution in [0.5, 0.6) is 0 Å². The average Bonchev–Trinajstić information content (AvgIpc) is 2.30. The Morgan fingerprint density at radius 1 is 1.21 bits per heavy atom. The van der Waals surface area contributed by atoms with E-state index in [0.717, 1.165) is 16.4 Å². The van der Waals surface area contributed by atoms with Gasteiger partial charge in [0.05, 0.1) is 0 Å². The monoisotopic (exact) mass is 302 g/mol. The van der Waals surface area contributed by atoms with Crippen LogP contribution in [0.2, 0.25) is 0 Å². The Morgan fingerprint density at radius 3 is 2.29 bits per heavy atom. The minimum atomic E-state index is 0.257. The van der Waals surface area contributed by atoms with Crippen LogP contribution in [0.4, 0.5) is 0 Å². The third-order valence-corrected chi connectivity index (χ3v) is 2.40. The van der Waals surface area contributed by atoms with Gasteiger partial charge in [-0.15, -0.1) is 13.2 Å². The van der Waals surface area contributed by atoms with Gasteiger partial charge in [0, 0.05) is 12.0 Å². The molecule has 14 heavy (non-hydrogen) atoms. The fraction of sp³-hybridized carbons (Fsp3) is 0.250. The second-order valence-electron chi connectivity index (χ2n) is 2.58. The second-order valence-corrected chi connectivity index (χ2v) is 3.66. The molecule has 76 valence electrons. The molecule has 0 aliphatic heterocycles. The molecule has 1 nitrogen and oxygen atoms in total. The number of halogens is 1. The van der Waals surface area contributed by atoms with Crippen LogP contribution in [0.25, 0.3) is 0 Å². The predicted molar refractivity (Wildman–Crippen MR) is 70.1 cm³/mol. The van der Waals surface area contributed by atoms with Gasteiger partial charge in [-0.2, -0.15) is 0 Å². The Morgan fingerprint density at radius 2 is 1.79 bits per heavy atom. The zero-order valence-corrected chi connectivity index (χ0v) is 10.4. The zero-order valence-electron chi connectivity index (χ0n) is 8.21. The van der Waals surface area contributed by atoms with E-state index in [1.807, 2.05) is 30.3 Å². The van der Waals surface area contributed by atoms with Crippen molar-refractivity contribution in [2.45, 2.75) is 12.8 Å². The van der Waals surface area contributed by atoms with Crippen molar-refractivity contribution in [2.75, 3.05) is 4.43 Å². The quantitative estimate of drug-likeness (QED) is 0.357. The Balaban J connectivity index is 0.000000791. The van der Waals surface area contributed by atoms with Crippen LogP contribution < -0.4 is 0 Å². The van der Waals surface area contributed by atoms with Crippen molar-refractivity contribution >= 4 is 28.4 Å². The summed E-state index contributed by atoms with van der Waals surface area (Å²) >= 11 is 2.29. The van der Waals surface area contributed by atoms with Gasteiger partial charge in [-0.25, -0.2) is 0 Å². The van der Waals surface area contributed by atoms with E-state index in [9.17, 15) is 4.79 Å². The van der Waals surface area contributed by atoms with Crippen LogP contribution in [0.3, 0.4) is 0 Å². The first-order chi connectivity index (χ1) is 6.84. The van der Waals surface area contributed by atoms with Crippen molar-refractivity contribution < 1.29 is 4.79 Å². The maximum Gasteiger partial charge on any atom is 0.162 e. The molecule has 0 saturated carbocycles. The van der Waals surface area contributed by atoms with E-state index in [2.05, 4.69) is 35.7 Å². The first kappa shape index (κ1) is 13.4. The fourth-order valence-corrected chi connectivity index (χ4v) is 1.38. The molecule has 0 aliphatic carbocycles. The van der Waals surface area contributed by atoms with E-state index in [0.29, 0.717) is 6.42 Å². The lowest BCUT2D eigenvalue weighted by molar-refractivity contribution is 0.0982. The summed E-state index contributed by atoms with van der Waals surface area (Å²) in [4.78, 5) is 11.4. The standard InChI is InChI=1S/C10H11IO.C2H4/c11-8-4-7-10(12)9-5-2-1-3-6-9;1-2/h1-3,5-6H,4,7-8H2;1-2H2. The van der Waals surface area contributed by atoms with E-state index in [4.69, 9.17) is 0 Å². The normalized spacial score (nSPS) is 8.64. The summed E-state index contributed by atoms with van der Waals surface area (Å²) in [5.74, 6) is 0.257. The van der Waals surface area contributed by atoms with Gasteiger partial charge in [0.25, 0.3) is 0 Å². The lowest BCUT2D eigenvalue weighted by Crippen LogP contribution is -1.98. The van der Waals surface area contributed by atoms with Crippen LogP contribution in [0.15, 0.2) is 43.5 Å². The summed E-state index contributed by atoms with van der Waals surface area (Å²) in [6.45, 7) is 6.00. The van der Waals surface area contributed by atoms with Gasteiger partial charge >= 0.3 is 0 Å². The highest BCUT2D eigenvalue weighted by molar-refractivity contribution is 14.1. The Bertz CT molecular complexity index is 256. The maximum atomic E-state index is 11.4. The molecule has 0 N–H and O–H groups in total. The van der Waals surface area contributed by atoms with Gasteiger partial charge in [-0.05, 0) is 10.8 Å². The second kappa shape index (κ2) is 8.94. The van der Waals surface area contributed by atoms with E-state index in [-0.39, 0.29) is 5.78 Å². The summed E-state index contributed by atoms with van der Waals surface area (Å²) < 4.78 is 1.05. The lowest BCUT2D eigenvalue weighted by Gasteiger charge is -1.97. The molecule has 1 aromatic carbocycles. The molecule has 2 heteroatoms. The SMILES string of the molecule is C=C.O=C(CCCI)c1ccccc1. The van der Waals surface area contributed by atoms with Crippen molar-refractivity contribution in [1.82, 2.24) is 0 Å².